The monoisotopic (exact) mass is 503 g/mol. The van der Waals surface area contributed by atoms with Gasteiger partial charge in [0.05, 0.1) is 0 Å². The van der Waals surface area contributed by atoms with Crippen LogP contribution in [0.2, 0.25) is 0 Å². The molecule has 2 aromatic carbocycles. The second-order valence-corrected chi connectivity index (χ2v) is 10.9. The van der Waals surface area contributed by atoms with Gasteiger partial charge < -0.3 is 0 Å². The molecule has 3 rings (SSSR count). The number of hydrogen-bond donors (Lipinski definition) is 1. The molecule has 0 atom stereocenters. The van der Waals surface area contributed by atoms with E-state index in [0.29, 0.717) is 0 Å². The predicted molar refractivity (Wildman–Crippen MR) is 143 cm³/mol. The summed E-state index contributed by atoms with van der Waals surface area (Å²) in [6, 6.07) is 11.6. The molecule has 1 aliphatic heterocycles. The van der Waals surface area contributed by atoms with E-state index in [0.717, 1.165) is 37.6 Å². The van der Waals surface area contributed by atoms with Crippen molar-refractivity contribution in [3.8, 4) is 5.75 Å². The number of nitrogens with one attached hydrogen (secondary N) is 1. The van der Waals surface area contributed by atoms with Crippen molar-refractivity contribution >= 4 is 46.6 Å². The first kappa shape index (κ1) is 24.8. The molecule has 0 fully saturated rings. The molecule has 4 nitrogen and oxygen atoms in total. The zero-order valence-electron chi connectivity index (χ0n) is 20.7. The van der Waals surface area contributed by atoms with Gasteiger partial charge in [0.15, 0.2) is 0 Å². The van der Waals surface area contributed by atoms with Crippen molar-refractivity contribution in [1.82, 2.24) is 0 Å². The quantitative estimate of drug-likeness (QED) is 0.315. The third-order valence-corrected chi connectivity index (χ3v) is 8.30. The van der Waals surface area contributed by atoms with Gasteiger partial charge in [0.25, 0.3) is 0 Å². The van der Waals surface area contributed by atoms with Crippen LogP contribution in [0.3, 0.4) is 0 Å². The summed E-state index contributed by atoms with van der Waals surface area (Å²) >= 11 is 0.250. The summed E-state index contributed by atoms with van der Waals surface area (Å²) in [6.07, 6.45) is 7.24. The van der Waals surface area contributed by atoms with Gasteiger partial charge in [-0.2, -0.15) is 0 Å². The van der Waals surface area contributed by atoms with Crippen LogP contribution in [0.5, 0.6) is 5.75 Å². The second kappa shape index (κ2) is 12.4. The number of benzene rings is 2. The first-order chi connectivity index (χ1) is 15.6. The summed E-state index contributed by atoms with van der Waals surface area (Å²) in [5.41, 5.74) is 5.05. The van der Waals surface area contributed by atoms with Crippen LogP contribution < -0.4 is 28.8 Å². The summed E-state index contributed by atoms with van der Waals surface area (Å²) in [5.74, 6) is 0.964. The fourth-order valence-corrected chi connectivity index (χ4v) is 6.51. The van der Waals surface area contributed by atoms with Crippen LogP contribution in [-0.4, -0.2) is 48.2 Å². The molecule has 176 valence electrons. The van der Waals surface area contributed by atoms with Crippen molar-refractivity contribution in [3.63, 3.8) is 0 Å². The van der Waals surface area contributed by atoms with Crippen LogP contribution in [0.25, 0.3) is 0 Å². The Bertz CT molecular complexity index is 856. The van der Waals surface area contributed by atoms with Gasteiger partial charge in [-0.15, -0.1) is 0 Å². The summed E-state index contributed by atoms with van der Waals surface area (Å²) in [5, 5.41) is 3.70. The number of unbranched alkanes of at least 4 members (excludes halogenated alkanes) is 2. The third kappa shape index (κ3) is 5.93. The third-order valence-electron chi connectivity index (χ3n) is 6.00. The summed E-state index contributed by atoms with van der Waals surface area (Å²) < 4.78 is 8.70. The topological polar surface area (TPSA) is 27.7 Å². The Hall–Kier alpha value is -1.84. The Morgan fingerprint density at radius 1 is 0.750 bits per heavy atom. The Morgan fingerprint density at radius 2 is 1.38 bits per heavy atom. The van der Waals surface area contributed by atoms with Crippen molar-refractivity contribution in [2.75, 3.05) is 48.4 Å². The van der Waals surface area contributed by atoms with E-state index in [2.05, 4.69) is 73.1 Å². The fourth-order valence-electron chi connectivity index (χ4n) is 4.25. The average molecular weight is 503 g/mol. The molecule has 1 heterocycles. The van der Waals surface area contributed by atoms with Crippen LogP contribution in [0, 0.1) is 0 Å². The van der Waals surface area contributed by atoms with E-state index in [4.69, 9.17) is 4.74 Å². The molecule has 0 spiro atoms. The molecular formula is C27H41N3OSe. The molecular weight excluding hydrogens is 461 g/mol. The molecule has 32 heavy (non-hydrogen) atoms. The van der Waals surface area contributed by atoms with Gasteiger partial charge >= 0.3 is 202 Å². The maximum absolute atomic E-state index is 5.87. The number of rotatable bonds is 13. The average Bonchev–Trinajstić information content (AvgIpc) is 2.81. The molecule has 0 amide bonds. The molecule has 0 radical (unpaired) electrons. The number of nitrogens with zero attached hydrogens (tertiary/aromatic N) is 2. The van der Waals surface area contributed by atoms with Crippen molar-refractivity contribution in [1.29, 1.82) is 0 Å². The molecule has 1 aliphatic rings. The molecule has 1 N–H and O–H groups in total. The second-order valence-electron chi connectivity index (χ2n) is 8.61. The first-order valence-corrected chi connectivity index (χ1v) is 14.2. The van der Waals surface area contributed by atoms with E-state index in [1.165, 1.54) is 64.5 Å². The van der Waals surface area contributed by atoms with Crippen LogP contribution in [0.1, 0.15) is 66.2 Å². The SMILES string of the molecule is CCCCN(CCCC)c1cc(OC)c2c(c1)[Se]c1cc(N(CCC)CCC)ccc1N2. The molecule has 5 heteroatoms. The van der Waals surface area contributed by atoms with Gasteiger partial charge in [-0.25, -0.2) is 0 Å². The van der Waals surface area contributed by atoms with E-state index >= 15 is 0 Å². The molecule has 0 saturated heterocycles. The summed E-state index contributed by atoms with van der Waals surface area (Å²) in [7, 11) is 1.79. The Balaban J connectivity index is 1.92. The van der Waals surface area contributed by atoms with E-state index in [1.54, 1.807) is 7.11 Å². The minimum absolute atomic E-state index is 0.250. The summed E-state index contributed by atoms with van der Waals surface area (Å²) in [4.78, 5) is 5.09. The number of anilines is 4. The van der Waals surface area contributed by atoms with E-state index in [9.17, 15) is 0 Å². The summed E-state index contributed by atoms with van der Waals surface area (Å²) in [6.45, 7) is 13.5. The van der Waals surface area contributed by atoms with Gasteiger partial charge in [0.2, 0.25) is 0 Å². The predicted octanol–water partition coefficient (Wildman–Crippen LogP) is 5.44. The number of ether oxygens (including phenoxy) is 1. The van der Waals surface area contributed by atoms with Gasteiger partial charge in [-0.3, -0.25) is 0 Å². The van der Waals surface area contributed by atoms with Crippen LogP contribution in [0.15, 0.2) is 30.3 Å². The molecule has 0 bridgehead atoms. The van der Waals surface area contributed by atoms with Crippen molar-refractivity contribution in [3.05, 3.63) is 30.3 Å². The Morgan fingerprint density at radius 3 is 1.97 bits per heavy atom. The van der Waals surface area contributed by atoms with Crippen molar-refractivity contribution in [2.24, 2.45) is 0 Å². The van der Waals surface area contributed by atoms with Crippen molar-refractivity contribution < 1.29 is 4.74 Å². The van der Waals surface area contributed by atoms with Gasteiger partial charge in [0, 0.05) is 0 Å². The zero-order chi connectivity index (χ0) is 22.9. The van der Waals surface area contributed by atoms with E-state index in [1.807, 2.05) is 0 Å². The number of hydrogen-bond acceptors (Lipinski definition) is 4. The van der Waals surface area contributed by atoms with Crippen molar-refractivity contribution in [2.45, 2.75) is 66.2 Å². The van der Waals surface area contributed by atoms with Crippen LogP contribution >= 0.6 is 0 Å². The number of methoxy groups -OCH3 is 1. The molecule has 0 unspecified atom stereocenters. The first-order valence-electron chi connectivity index (χ1n) is 12.5. The maximum atomic E-state index is 5.87. The van der Waals surface area contributed by atoms with Gasteiger partial charge in [0.1, 0.15) is 0 Å². The van der Waals surface area contributed by atoms with Crippen LogP contribution in [-0.2, 0) is 0 Å². The van der Waals surface area contributed by atoms with E-state index < -0.39 is 0 Å². The zero-order valence-corrected chi connectivity index (χ0v) is 22.4. The van der Waals surface area contributed by atoms with Crippen LogP contribution in [0.4, 0.5) is 22.7 Å². The molecule has 0 saturated carbocycles. The molecule has 2 aromatic rings. The Labute approximate surface area is 201 Å². The molecule has 0 aliphatic carbocycles. The number of fused-ring (bicyclic) bond motifs is 2. The fraction of sp³-hybridized carbons (Fsp3) is 0.556. The Kier molecular flexibility index (Phi) is 9.62. The van der Waals surface area contributed by atoms with Gasteiger partial charge in [-0.1, -0.05) is 0 Å². The molecule has 0 aromatic heterocycles. The normalized spacial score (nSPS) is 12.0. The minimum atomic E-state index is 0.250. The standard InChI is InChI=1S/C27H41N3OSe/c1-6-10-16-30(17-11-7-2)22-18-24(31-5)27-26(20-22)32-25-19-21(12-13-23(25)28-27)29(14-8-3)15-9-4/h12-13,18-20,28H,6-11,14-17H2,1-5H3. The van der Waals surface area contributed by atoms with E-state index in [-0.39, 0.29) is 15.0 Å². The van der Waals surface area contributed by atoms with Gasteiger partial charge in [-0.05, 0) is 0 Å².